The van der Waals surface area contributed by atoms with Gasteiger partial charge in [-0.15, -0.1) is 11.3 Å². The highest BCUT2D eigenvalue weighted by Crippen LogP contribution is 2.26. The zero-order valence-corrected chi connectivity index (χ0v) is 13.4. The fourth-order valence-electron chi connectivity index (χ4n) is 2.29. The van der Waals surface area contributed by atoms with Crippen LogP contribution in [0, 0.1) is 0 Å². The van der Waals surface area contributed by atoms with Gasteiger partial charge in [-0.05, 0) is 18.2 Å². The third-order valence-corrected chi connectivity index (χ3v) is 4.44. The first kappa shape index (κ1) is 15.3. The number of hydrogen-bond acceptors (Lipinski definition) is 4. The highest BCUT2D eigenvalue weighted by Gasteiger charge is 2.18. The van der Waals surface area contributed by atoms with Crippen molar-refractivity contribution in [2.45, 2.75) is 6.54 Å². The molecule has 1 aromatic carbocycles. The molecule has 0 fully saturated rings. The van der Waals surface area contributed by atoms with Gasteiger partial charge in [-0.2, -0.15) is 0 Å². The van der Waals surface area contributed by atoms with Crippen LogP contribution in [0.5, 0.6) is 0 Å². The van der Waals surface area contributed by atoms with E-state index in [0.717, 1.165) is 10.1 Å². The molecule has 118 valence electrons. The van der Waals surface area contributed by atoms with Gasteiger partial charge in [0.25, 0.3) is 5.91 Å². The molecule has 2 heterocycles. The number of carbonyl (C=O) groups is 2. The zero-order valence-electron chi connectivity index (χ0n) is 12.6. The van der Waals surface area contributed by atoms with Crippen molar-refractivity contribution in [3.8, 4) is 0 Å². The number of nitrogens with zero attached hydrogens (tertiary/aromatic N) is 1. The van der Waals surface area contributed by atoms with Crippen molar-refractivity contribution in [2.24, 2.45) is 0 Å². The average Bonchev–Trinajstić information content (AvgIpc) is 3.21. The topological polar surface area (TPSA) is 62.6 Å². The monoisotopic (exact) mass is 328 g/mol. The van der Waals surface area contributed by atoms with Crippen LogP contribution in [0.4, 0.5) is 0 Å². The van der Waals surface area contributed by atoms with Crippen molar-refractivity contribution in [2.75, 3.05) is 13.6 Å². The summed E-state index contributed by atoms with van der Waals surface area (Å²) in [5.41, 5.74) is 0.631. The van der Waals surface area contributed by atoms with Crippen LogP contribution in [-0.4, -0.2) is 30.3 Å². The second kappa shape index (κ2) is 6.66. The molecule has 0 atom stereocenters. The fourth-order valence-corrected chi connectivity index (χ4v) is 3.23. The van der Waals surface area contributed by atoms with Crippen LogP contribution in [0.25, 0.3) is 10.1 Å². The van der Waals surface area contributed by atoms with Crippen LogP contribution in [-0.2, 0) is 11.3 Å². The van der Waals surface area contributed by atoms with Gasteiger partial charge in [0.15, 0.2) is 0 Å². The predicted octanol–water partition coefficient (Wildman–Crippen LogP) is 2.88. The van der Waals surface area contributed by atoms with Crippen LogP contribution in [0.2, 0.25) is 0 Å². The lowest BCUT2D eigenvalue weighted by Crippen LogP contribution is -2.38. The molecule has 0 saturated carbocycles. The van der Waals surface area contributed by atoms with Crippen LogP contribution < -0.4 is 5.32 Å². The number of carbonyl (C=O) groups excluding carboxylic acids is 2. The first-order valence-electron chi connectivity index (χ1n) is 7.16. The number of amides is 2. The van der Waals surface area contributed by atoms with Gasteiger partial charge in [-0.3, -0.25) is 9.59 Å². The summed E-state index contributed by atoms with van der Waals surface area (Å²) in [5, 5.41) is 5.49. The van der Waals surface area contributed by atoms with Crippen LogP contribution in [0.1, 0.15) is 16.1 Å². The summed E-state index contributed by atoms with van der Waals surface area (Å²) in [6.07, 6.45) is 1.55. The number of nitrogens with one attached hydrogen (secondary N) is 1. The molecule has 0 unspecified atom stereocenters. The molecule has 1 N–H and O–H groups in total. The van der Waals surface area contributed by atoms with Crippen molar-refractivity contribution >= 4 is 33.2 Å². The Morgan fingerprint density at radius 2 is 2.04 bits per heavy atom. The number of furan rings is 1. The van der Waals surface area contributed by atoms with Gasteiger partial charge in [-0.25, -0.2) is 0 Å². The van der Waals surface area contributed by atoms with Crippen molar-refractivity contribution in [3.05, 3.63) is 59.4 Å². The van der Waals surface area contributed by atoms with E-state index in [4.69, 9.17) is 4.42 Å². The average molecular weight is 328 g/mol. The molecular formula is C17H16N2O3S. The molecule has 2 amide bonds. The lowest BCUT2D eigenvalue weighted by Gasteiger charge is -2.16. The zero-order chi connectivity index (χ0) is 16.2. The molecule has 23 heavy (non-hydrogen) atoms. The van der Waals surface area contributed by atoms with E-state index < -0.39 is 0 Å². The number of benzene rings is 1. The third-order valence-electron chi connectivity index (χ3n) is 3.48. The highest BCUT2D eigenvalue weighted by atomic mass is 32.1. The van der Waals surface area contributed by atoms with E-state index in [0.29, 0.717) is 17.9 Å². The summed E-state index contributed by atoms with van der Waals surface area (Å²) in [4.78, 5) is 25.9. The van der Waals surface area contributed by atoms with Crippen molar-refractivity contribution < 1.29 is 14.0 Å². The molecule has 5 nitrogen and oxygen atoms in total. The second-order valence-corrected chi connectivity index (χ2v) is 6.07. The van der Waals surface area contributed by atoms with Crippen LogP contribution >= 0.6 is 11.3 Å². The Hall–Kier alpha value is -2.60. The summed E-state index contributed by atoms with van der Waals surface area (Å²) < 4.78 is 6.21. The smallest absolute Gasteiger partial charge is 0.255 e. The van der Waals surface area contributed by atoms with Crippen molar-refractivity contribution in [1.82, 2.24) is 10.2 Å². The first-order valence-corrected chi connectivity index (χ1v) is 8.04. The molecule has 6 heteroatoms. The quantitative estimate of drug-likeness (QED) is 0.783. The van der Waals surface area contributed by atoms with E-state index >= 15 is 0 Å². The predicted molar refractivity (Wildman–Crippen MR) is 89.3 cm³/mol. The summed E-state index contributed by atoms with van der Waals surface area (Å²) in [6.45, 7) is 0.318. The Morgan fingerprint density at radius 3 is 2.83 bits per heavy atom. The van der Waals surface area contributed by atoms with Crippen molar-refractivity contribution in [1.29, 1.82) is 0 Å². The van der Waals surface area contributed by atoms with E-state index in [-0.39, 0.29) is 18.4 Å². The minimum absolute atomic E-state index is 0.00369. The molecule has 0 spiro atoms. The molecular weight excluding hydrogens is 312 g/mol. The maximum Gasteiger partial charge on any atom is 0.255 e. The third kappa shape index (κ3) is 3.43. The summed E-state index contributed by atoms with van der Waals surface area (Å²) in [7, 11) is 1.63. The first-order chi connectivity index (χ1) is 11.1. The SMILES string of the molecule is CN(CC(=O)NCc1ccco1)C(=O)c1csc2ccccc12. The van der Waals surface area contributed by atoms with Gasteiger partial charge in [-0.1, -0.05) is 18.2 Å². The van der Waals surface area contributed by atoms with E-state index in [9.17, 15) is 9.59 Å². The Morgan fingerprint density at radius 1 is 1.22 bits per heavy atom. The number of fused-ring (bicyclic) bond motifs is 1. The Balaban J connectivity index is 1.62. The molecule has 0 saturated heterocycles. The standard InChI is InChI=1S/C17H16N2O3S/c1-19(10-16(20)18-9-12-5-4-8-22-12)17(21)14-11-23-15-7-3-2-6-13(14)15/h2-8,11H,9-10H2,1H3,(H,18,20). The minimum atomic E-state index is -0.225. The van der Waals surface area contributed by atoms with Gasteiger partial charge in [0, 0.05) is 22.5 Å². The Bertz CT molecular complexity index is 823. The van der Waals surface area contributed by atoms with E-state index in [1.54, 1.807) is 25.4 Å². The highest BCUT2D eigenvalue weighted by molar-refractivity contribution is 7.17. The molecule has 0 radical (unpaired) electrons. The van der Waals surface area contributed by atoms with E-state index in [2.05, 4.69) is 5.32 Å². The largest absolute Gasteiger partial charge is 0.467 e. The number of hydrogen-bond donors (Lipinski definition) is 1. The molecule has 0 aliphatic rings. The van der Waals surface area contributed by atoms with Gasteiger partial charge in [0.1, 0.15) is 5.76 Å². The number of likely N-dealkylation sites (N-methyl/N-ethyl adjacent to an activating group) is 1. The van der Waals surface area contributed by atoms with Gasteiger partial charge in [0.05, 0.1) is 24.9 Å². The van der Waals surface area contributed by atoms with E-state index in [1.807, 2.05) is 29.6 Å². The number of thiophene rings is 1. The minimum Gasteiger partial charge on any atom is -0.467 e. The van der Waals surface area contributed by atoms with Gasteiger partial charge in [0.2, 0.25) is 5.91 Å². The fraction of sp³-hybridized carbons (Fsp3) is 0.176. The van der Waals surface area contributed by atoms with E-state index in [1.165, 1.54) is 16.2 Å². The maximum absolute atomic E-state index is 12.5. The van der Waals surface area contributed by atoms with Crippen LogP contribution in [0.3, 0.4) is 0 Å². The molecule has 0 aliphatic heterocycles. The molecule has 0 bridgehead atoms. The Labute approximate surface area is 137 Å². The van der Waals surface area contributed by atoms with Crippen LogP contribution in [0.15, 0.2) is 52.5 Å². The molecule has 3 rings (SSSR count). The molecule has 3 aromatic rings. The van der Waals surface area contributed by atoms with Crippen molar-refractivity contribution in [3.63, 3.8) is 0 Å². The lowest BCUT2D eigenvalue weighted by molar-refractivity contribution is -0.121. The molecule has 2 aromatic heterocycles. The van der Waals surface area contributed by atoms with Gasteiger partial charge >= 0.3 is 0 Å². The summed E-state index contributed by atoms with van der Waals surface area (Å²) in [5.74, 6) is 0.295. The normalized spacial score (nSPS) is 10.7. The van der Waals surface area contributed by atoms with Gasteiger partial charge < -0.3 is 14.6 Å². The maximum atomic E-state index is 12.5. The Kier molecular flexibility index (Phi) is 4.43. The number of rotatable bonds is 5. The molecule has 0 aliphatic carbocycles. The summed E-state index contributed by atoms with van der Waals surface area (Å²) >= 11 is 1.53. The lowest BCUT2D eigenvalue weighted by atomic mass is 10.1. The second-order valence-electron chi connectivity index (χ2n) is 5.16. The summed E-state index contributed by atoms with van der Waals surface area (Å²) in [6, 6.07) is 11.3.